The fourth-order valence-corrected chi connectivity index (χ4v) is 2.48. The number of carbonyl (C=O) groups is 1. The lowest BCUT2D eigenvalue weighted by atomic mass is 10.1. The number of aromatic nitrogens is 1. The van der Waals surface area contributed by atoms with Crippen LogP contribution >= 0.6 is 0 Å². The van der Waals surface area contributed by atoms with Crippen LogP contribution in [0.3, 0.4) is 0 Å². The molecule has 0 fully saturated rings. The second kappa shape index (κ2) is 5.70. The molecule has 3 heteroatoms. The summed E-state index contributed by atoms with van der Waals surface area (Å²) >= 11 is 0. The SMILES string of the molecule is O=C(/C=C/c1cccnc1)Nc1ccc2c(c1)CCC2. The van der Waals surface area contributed by atoms with Crippen LogP contribution < -0.4 is 5.32 Å². The second-order valence-corrected chi connectivity index (χ2v) is 4.95. The molecule has 0 unspecified atom stereocenters. The molecule has 1 heterocycles. The minimum absolute atomic E-state index is 0.119. The van der Waals surface area contributed by atoms with Gasteiger partial charge in [-0.25, -0.2) is 0 Å². The number of carbonyl (C=O) groups excluding carboxylic acids is 1. The Morgan fingerprint density at radius 3 is 2.95 bits per heavy atom. The molecule has 100 valence electrons. The van der Waals surface area contributed by atoms with Crippen LogP contribution in [0.2, 0.25) is 0 Å². The van der Waals surface area contributed by atoms with E-state index in [0.29, 0.717) is 0 Å². The molecule has 0 spiro atoms. The molecule has 1 aliphatic rings. The van der Waals surface area contributed by atoms with Gasteiger partial charge in [-0.1, -0.05) is 12.1 Å². The summed E-state index contributed by atoms with van der Waals surface area (Å²) in [6.07, 6.45) is 10.2. The van der Waals surface area contributed by atoms with Crippen LogP contribution in [0.4, 0.5) is 5.69 Å². The summed E-state index contributed by atoms with van der Waals surface area (Å²) in [7, 11) is 0. The standard InChI is InChI=1S/C17H16N2O/c20-17(9-6-13-3-2-10-18-12-13)19-16-8-7-14-4-1-5-15(14)11-16/h2-3,6-12H,1,4-5H2,(H,19,20)/b9-6+. The van der Waals surface area contributed by atoms with E-state index in [0.717, 1.165) is 24.1 Å². The Morgan fingerprint density at radius 2 is 2.10 bits per heavy atom. The number of nitrogens with one attached hydrogen (secondary N) is 1. The Morgan fingerprint density at radius 1 is 1.20 bits per heavy atom. The van der Waals surface area contributed by atoms with E-state index in [9.17, 15) is 4.79 Å². The molecule has 1 N–H and O–H groups in total. The van der Waals surface area contributed by atoms with E-state index in [1.165, 1.54) is 23.6 Å². The van der Waals surface area contributed by atoms with Gasteiger partial charge in [0.2, 0.25) is 5.91 Å². The largest absolute Gasteiger partial charge is 0.323 e. The van der Waals surface area contributed by atoms with E-state index in [-0.39, 0.29) is 5.91 Å². The summed E-state index contributed by atoms with van der Waals surface area (Å²) in [5.74, 6) is -0.119. The van der Waals surface area contributed by atoms with Crippen molar-refractivity contribution in [3.63, 3.8) is 0 Å². The molecule has 1 amide bonds. The maximum atomic E-state index is 11.9. The van der Waals surface area contributed by atoms with Gasteiger partial charge in [0.25, 0.3) is 0 Å². The third-order valence-corrected chi connectivity index (χ3v) is 3.48. The lowest BCUT2D eigenvalue weighted by Crippen LogP contribution is -2.08. The van der Waals surface area contributed by atoms with Gasteiger partial charge in [0.1, 0.15) is 0 Å². The van der Waals surface area contributed by atoms with Crippen molar-refractivity contribution in [3.8, 4) is 0 Å². The average molecular weight is 264 g/mol. The average Bonchev–Trinajstić information content (AvgIpc) is 2.94. The molecule has 0 aliphatic heterocycles. The number of pyridine rings is 1. The lowest BCUT2D eigenvalue weighted by Gasteiger charge is -2.05. The summed E-state index contributed by atoms with van der Waals surface area (Å²) in [6, 6.07) is 9.92. The van der Waals surface area contributed by atoms with E-state index in [1.54, 1.807) is 18.5 Å². The highest BCUT2D eigenvalue weighted by molar-refractivity contribution is 6.01. The molecule has 1 aromatic carbocycles. The molecule has 0 saturated carbocycles. The molecule has 0 radical (unpaired) electrons. The fraction of sp³-hybridized carbons (Fsp3) is 0.176. The monoisotopic (exact) mass is 264 g/mol. The zero-order chi connectivity index (χ0) is 13.8. The van der Waals surface area contributed by atoms with Gasteiger partial charge in [0.15, 0.2) is 0 Å². The van der Waals surface area contributed by atoms with Gasteiger partial charge < -0.3 is 5.32 Å². The zero-order valence-corrected chi connectivity index (χ0v) is 11.2. The van der Waals surface area contributed by atoms with Crippen LogP contribution in [0.25, 0.3) is 6.08 Å². The van der Waals surface area contributed by atoms with Crippen LogP contribution in [0.5, 0.6) is 0 Å². The molecule has 3 nitrogen and oxygen atoms in total. The molecule has 1 aliphatic carbocycles. The number of amides is 1. The van der Waals surface area contributed by atoms with Crippen molar-refractivity contribution < 1.29 is 4.79 Å². The normalized spacial score (nSPS) is 13.4. The molecular formula is C17H16N2O. The number of hydrogen-bond acceptors (Lipinski definition) is 2. The van der Waals surface area contributed by atoms with E-state index >= 15 is 0 Å². The first-order chi connectivity index (χ1) is 9.81. The van der Waals surface area contributed by atoms with Crippen molar-refractivity contribution in [1.29, 1.82) is 0 Å². The molecule has 0 bridgehead atoms. The number of hydrogen-bond donors (Lipinski definition) is 1. The molecule has 1 aromatic heterocycles. The van der Waals surface area contributed by atoms with Crippen molar-refractivity contribution >= 4 is 17.7 Å². The Bertz CT molecular complexity index is 647. The van der Waals surface area contributed by atoms with Gasteiger partial charge in [0.05, 0.1) is 0 Å². The fourth-order valence-electron chi connectivity index (χ4n) is 2.48. The van der Waals surface area contributed by atoms with Crippen LogP contribution in [0.15, 0.2) is 48.8 Å². The van der Waals surface area contributed by atoms with Gasteiger partial charge in [-0.3, -0.25) is 9.78 Å². The summed E-state index contributed by atoms with van der Waals surface area (Å²) in [6.45, 7) is 0. The highest BCUT2D eigenvalue weighted by Crippen LogP contribution is 2.24. The van der Waals surface area contributed by atoms with E-state index in [1.807, 2.05) is 18.2 Å². The van der Waals surface area contributed by atoms with Crippen molar-refractivity contribution in [2.45, 2.75) is 19.3 Å². The first-order valence-corrected chi connectivity index (χ1v) is 6.82. The molecule has 2 aromatic rings. The van der Waals surface area contributed by atoms with Crippen molar-refractivity contribution in [2.75, 3.05) is 5.32 Å². The first-order valence-electron chi connectivity index (χ1n) is 6.82. The minimum atomic E-state index is -0.119. The summed E-state index contributed by atoms with van der Waals surface area (Å²) in [4.78, 5) is 15.9. The Kier molecular flexibility index (Phi) is 3.59. The quantitative estimate of drug-likeness (QED) is 0.865. The molecule has 0 saturated heterocycles. The summed E-state index contributed by atoms with van der Waals surface area (Å²) in [5, 5.41) is 2.90. The van der Waals surface area contributed by atoms with E-state index in [2.05, 4.69) is 22.4 Å². The van der Waals surface area contributed by atoms with E-state index in [4.69, 9.17) is 0 Å². The number of rotatable bonds is 3. The van der Waals surface area contributed by atoms with Crippen LogP contribution in [0.1, 0.15) is 23.1 Å². The van der Waals surface area contributed by atoms with Crippen molar-refractivity contribution in [2.24, 2.45) is 0 Å². The van der Waals surface area contributed by atoms with Gasteiger partial charge in [-0.2, -0.15) is 0 Å². The zero-order valence-electron chi connectivity index (χ0n) is 11.2. The maximum Gasteiger partial charge on any atom is 0.248 e. The molecule has 0 atom stereocenters. The maximum absolute atomic E-state index is 11.9. The number of aryl methyl sites for hydroxylation is 2. The van der Waals surface area contributed by atoms with Gasteiger partial charge in [0, 0.05) is 24.2 Å². The minimum Gasteiger partial charge on any atom is -0.323 e. The van der Waals surface area contributed by atoms with Gasteiger partial charge in [-0.15, -0.1) is 0 Å². The summed E-state index contributed by atoms with van der Waals surface area (Å²) in [5.41, 5.74) is 4.55. The third kappa shape index (κ3) is 2.94. The van der Waals surface area contributed by atoms with Crippen molar-refractivity contribution in [1.82, 2.24) is 4.98 Å². The number of fused-ring (bicyclic) bond motifs is 1. The third-order valence-electron chi connectivity index (χ3n) is 3.48. The van der Waals surface area contributed by atoms with Crippen molar-refractivity contribution in [3.05, 3.63) is 65.5 Å². The smallest absolute Gasteiger partial charge is 0.248 e. The van der Waals surface area contributed by atoms with E-state index < -0.39 is 0 Å². The Balaban J connectivity index is 1.66. The number of anilines is 1. The topological polar surface area (TPSA) is 42.0 Å². The first kappa shape index (κ1) is 12.6. The lowest BCUT2D eigenvalue weighted by molar-refractivity contribution is -0.111. The Hall–Kier alpha value is -2.42. The predicted molar refractivity (Wildman–Crippen MR) is 80.4 cm³/mol. The van der Waals surface area contributed by atoms with Crippen LogP contribution in [0, 0.1) is 0 Å². The number of nitrogens with zero attached hydrogens (tertiary/aromatic N) is 1. The Labute approximate surface area is 118 Å². The molecule has 3 rings (SSSR count). The molecule has 20 heavy (non-hydrogen) atoms. The van der Waals surface area contributed by atoms with Crippen LogP contribution in [-0.2, 0) is 17.6 Å². The van der Waals surface area contributed by atoms with Gasteiger partial charge in [-0.05, 0) is 60.2 Å². The highest BCUT2D eigenvalue weighted by atomic mass is 16.1. The molecular weight excluding hydrogens is 248 g/mol. The van der Waals surface area contributed by atoms with Crippen LogP contribution in [-0.4, -0.2) is 10.9 Å². The van der Waals surface area contributed by atoms with Gasteiger partial charge >= 0.3 is 0 Å². The highest BCUT2D eigenvalue weighted by Gasteiger charge is 2.11. The predicted octanol–water partition coefficient (Wildman–Crippen LogP) is 3.22. The number of benzene rings is 1. The summed E-state index contributed by atoms with van der Waals surface area (Å²) < 4.78 is 0. The second-order valence-electron chi connectivity index (χ2n) is 4.95.